The first kappa shape index (κ1) is 34.9. The van der Waals surface area contributed by atoms with Crippen LogP contribution in [0.4, 0.5) is 21.5 Å². The predicted octanol–water partition coefficient (Wildman–Crippen LogP) is 7.43. The molecule has 0 radical (unpaired) electrons. The Balaban J connectivity index is 1.45. The molecule has 3 aliphatic rings. The molecular formula is C37H43ClFIN4O4. The SMILES string of the molecule is COc1cc(N2CC(C)OC(C)C2)ccc1NC(=O)[C@@H]1N[C@@H](CC(C)(C)C)[C@@]2(C(=O)Nc3cc(CI)ccc32)[C@H]1c1cccc(Cl)c1F. The zero-order chi connectivity index (χ0) is 34.5. The van der Waals surface area contributed by atoms with Gasteiger partial charge in [-0.05, 0) is 66.6 Å². The van der Waals surface area contributed by atoms with E-state index in [0.29, 0.717) is 23.5 Å². The molecular weight excluding hydrogens is 746 g/mol. The fourth-order valence-corrected chi connectivity index (χ4v) is 8.55. The molecule has 2 saturated heterocycles. The van der Waals surface area contributed by atoms with E-state index in [1.54, 1.807) is 19.2 Å². The highest BCUT2D eigenvalue weighted by Crippen LogP contribution is 2.57. The lowest BCUT2D eigenvalue weighted by atomic mass is 9.62. The number of methoxy groups -OCH3 is 1. The van der Waals surface area contributed by atoms with E-state index in [4.69, 9.17) is 21.1 Å². The van der Waals surface area contributed by atoms with Crippen LogP contribution in [-0.2, 0) is 24.2 Å². The highest BCUT2D eigenvalue weighted by atomic mass is 127. The van der Waals surface area contributed by atoms with Crippen LogP contribution in [0.3, 0.4) is 0 Å². The van der Waals surface area contributed by atoms with Crippen LogP contribution in [0.1, 0.15) is 63.6 Å². The third kappa shape index (κ3) is 6.29. The second kappa shape index (κ2) is 13.4. The van der Waals surface area contributed by atoms with Crippen LogP contribution < -0.4 is 25.6 Å². The summed E-state index contributed by atoms with van der Waals surface area (Å²) >= 11 is 8.66. The number of morpholine rings is 1. The molecule has 2 amide bonds. The van der Waals surface area contributed by atoms with Crippen LogP contribution in [0.5, 0.6) is 5.75 Å². The molecule has 2 fully saturated rings. The molecule has 11 heteroatoms. The molecule has 6 rings (SSSR count). The Morgan fingerprint density at radius 3 is 2.54 bits per heavy atom. The number of fused-ring (bicyclic) bond motifs is 2. The minimum Gasteiger partial charge on any atom is -0.494 e. The first-order valence-electron chi connectivity index (χ1n) is 16.4. The van der Waals surface area contributed by atoms with Crippen LogP contribution in [0.25, 0.3) is 0 Å². The summed E-state index contributed by atoms with van der Waals surface area (Å²) in [6.07, 6.45) is 0.705. The minimum absolute atomic E-state index is 0.0658. The normalized spacial score (nSPS) is 26.8. The molecule has 3 aliphatic heterocycles. The summed E-state index contributed by atoms with van der Waals surface area (Å²) in [7, 11) is 1.56. The Kier molecular flexibility index (Phi) is 9.76. The molecule has 0 aliphatic carbocycles. The lowest BCUT2D eigenvalue weighted by molar-refractivity contribution is -0.122. The van der Waals surface area contributed by atoms with Crippen molar-refractivity contribution in [1.82, 2.24) is 5.32 Å². The van der Waals surface area contributed by atoms with Crippen molar-refractivity contribution >= 4 is 63.1 Å². The van der Waals surface area contributed by atoms with Gasteiger partial charge in [-0.2, -0.15) is 0 Å². The summed E-state index contributed by atoms with van der Waals surface area (Å²) in [4.78, 5) is 31.3. The van der Waals surface area contributed by atoms with E-state index >= 15 is 4.39 Å². The first-order chi connectivity index (χ1) is 22.8. The number of halogens is 3. The number of carbonyl (C=O) groups excluding carboxylic acids is 2. The summed E-state index contributed by atoms with van der Waals surface area (Å²) < 4.78 is 28.6. The van der Waals surface area contributed by atoms with Gasteiger partial charge in [0.2, 0.25) is 11.8 Å². The third-order valence-electron chi connectivity index (χ3n) is 9.71. The van der Waals surface area contributed by atoms with Gasteiger partial charge >= 0.3 is 0 Å². The van der Waals surface area contributed by atoms with Gasteiger partial charge in [0.15, 0.2) is 0 Å². The van der Waals surface area contributed by atoms with E-state index in [-0.39, 0.29) is 34.1 Å². The van der Waals surface area contributed by atoms with Crippen LogP contribution in [0.2, 0.25) is 5.02 Å². The standard InChI is InChI=1S/C37H43ClFIN4O4/c1-20-18-44(19-21(2)48-20)23-11-13-27(29(15-23)47-6)41-34(45)33-31(24-8-7-9-26(38)32(24)39)37(30(43-33)16-36(3,4)5)25-12-10-22(17-40)14-28(25)42-35(37)46/h7-15,20-21,30-31,33,43H,16-19H2,1-6H3,(H,41,45)(H,42,46)/t20?,21?,30-,31-,33+,37+/m0/s1. The molecule has 256 valence electrons. The van der Waals surface area contributed by atoms with Crippen molar-refractivity contribution in [1.29, 1.82) is 0 Å². The quantitative estimate of drug-likeness (QED) is 0.171. The van der Waals surface area contributed by atoms with E-state index in [2.05, 4.69) is 64.2 Å². The van der Waals surface area contributed by atoms with Gasteiger partial charge in [-0.1, -0.05) is 79.2 Å². The van der Waals surface area contributed by atoms with Gasteiger partial charge in [0.1, 0.15) is 17.0 Å². The van der Waals surface area contributed by atoms with Crippen molar-refractivity contribution in [3.8, 4) is 5.75 Å². The molecule has 8 nitrogen and oxygen atoms in total. The largest absolute Gasteiger partial charge is 0.494 e. The average Bonchev–Trinajstić information content (AvgIpc) is 3.51. The van der Waals surface area contributed by atoms with Gasteiger partial charge in [0, 0.05) is 46.9 Å². The molecule has 0 aromatic heterocycles. The molecule has 3 heterocycles. The smallest absolute Gasteiger partial charge is 0.242 e. The minimum atomic E-state index is -1.29. The predicted molar refractivity (Wildman–Crippen MR) is 197 cm³/mol. The van der Waals surface area contributed by atoms with Crippen LogP contribution >= 0.6 is 34.2 Å². The topological polar surface area (TPSA) is 91.9 Å². The van der Waals surface area contributed by atoms with Gasteiger partial charge in [-0.15, -0.1) is 0 Å². The second-order valence-corrected chi connectivity index (χ2v) is 15.6. The number of rotatable bonds is 7. The number of hydrogen-bond acceptors (Lipinski definition) is 6. The van der Waals surface area contributed by atoms with Gasteiger partial charge in [-0.3, -0.25) is 9.59 Å². The Bertz CT molecular complexity index is 1720. The van der Waals surface area contributed by atoms with Crippen LogP contribution in [0.15, 0.2) is 54.6 Å². The second-order valence-electron chi connectivity index (χ2n) is 14.5. The van der Waals surface area contributed by atoms with Crippen molar-refractivity contribution in [3.63, 3.8) is 0 Å². The van der Waals surface area contributed by atoms with E-state index in [0.717, 1.165) is 34.3 Å². The first-order valence-corrected chi connectivity index (χ1v) is 18.3. The number of nitrogens with zero attached hydrogens (tertiary/aromatic N) is 1. The number of ether oxygens (including phenoxy) is 2. The number of anilines is 3. The maximum atomic E-state index is 16.2. The summed E-state index contributed by atoms with van der Waals surface area (Å²) in [6, 6.07) is 14.9. The molecule has 0 saturated carbocycles. The molecule has 1 spiro atoms. The molecule has 2 unspecified atom stereocenters. The van der Waals surface area contributed by atoms with Crippen LogP contribution in [0, 0.1) is 11.2 Å². The highest BCUT2D eigenvalue weighted by molar-refractivity contribution is 14.1. The van der Waals surface area contributed by atoms with Gasteiger partial charge in [0.25, 0.3) is 0 Å². The maximum Gasteiger partial charge on any atom is 0.242 e. The summed E-state index contributed by atoms with van der Waals surface area (Å²) in [6.45, 7) is 11.9. The van der Waals surface area contributed by atoms with E-state index < -0.39 is 35.1 Å². The zero-order valence-corrected chi connectivity index (χ0v) is 31.0. The lowest BCUT2D eigenvalue weighted by Gasteiger charge is -2.37. The number of amides is 2. The van der Waals surface area contributed by atoms with Crippen molar-refractivity contribution in [2.24, 2.45) is 5.41 Å². The van der Waals surface area contributed by atoms with Crippen molar-refractivity contribution < 1.29 is 23.5 Å². The Labute approximate surface area is 300 Å². The monoisotopic (exact) mass is 788 g/mol. The van der Waals surface area contributed by atoms with Gasteiger partial charge < -0.3 is 30.3 Å². The number of carbonyl (C=O) groups is 2. The highest BCUT2D eigenvalue weighted by Gasteiger charge is 2.66. The number of hydrogen-bond donors (Lipinski definition) is 3. The molecule has 48 heavy (non-hydrogen) atoms. The molecule has 6 atom stereocenters. The summed E-state index contributed by atoms with van der Waals surface area (Å²) in [5.41, 5.74) is 2.62. The number of alkyl halides is 1. The maximum absolute atomic E-state index is 16.2. The van der Waals surface area contributed by atoms with Gasteiger partial charge in [0.05, 0.1) is 36.1 Å². The van der Waals surface area contributed by atoms with Crippen LogP contribution in [-0.4, -0.2) is 56.3 Å². The van der Waals surface area contributed by atoms with Crippen molar-refractivity contribution in [2.75, 3.05) is 35.7 Å². The van der Waals surface area contributed by atoms with E-state index in [1.807, 2.05) is 50.2 Å². The lowest BCUT2D eigenvalue weighted by Crippen LogP contribution is -2.49. The average molecular weight is 789 g/mol. The number of nitrogens with one attached hydrogen (secondary N) is 3. The molecule has 3 aromatic carbocycles. The van der Waals surface area contributed by atoms with E-state index in [1.165, 1.54) is 6.07 Å². The number of benzene rings is 3. The summed E-state index contributed by atoms with van der Waals surface area (Å²) in [5, 5.41) is 9.69. The fourth-order valence-electron chi connectivity index (χ4n) is 7.89. The third-order valence-corrected chi connectivity index (χ3v) is 10.9. The summed E-state index contributed by atoms with van der Waals surface area (Å²) in [5.74, 6) is -1.73. The zero-order valence-electron chi connectivity index (χ0n) is 28.1. The Morgan fingerprint density at radius 1 is 1.15 bits per heavy atom. The van der Waals surface area contributed by atoms with Crippen molar-refractivity contribution in [3.05, 3.63) is 82.1 Å². The fraction of sp³-hybridized carbons (Fsp3) is 0.459. The van der Waals surface area contributed by atoms with E-state index in [9.17, 15) is 9.59 Å². The van der Waals surface area contributed by atoms with Crippen molar-refractivity contribution in [2.45, 2.75) is 81.1 Å². The molecule has 0 bridgehead atoms. The molecule has 3 aromatic rings. The Hall–Kier alpha value is -2.93. The molecule has 3 N–H and O–H groups in total. The van der Waals surface area contributed by atoms with Gasteiger partial charge in [-0.25, -0.2) is 4.39 Å². The Morgan fingerprint density at radius 2 is 1.88 bits per heavy atom.